The van der Waals surface area contributed by atoms with Gasteiger partial charge in [-0.2, -0.15) is 0 Å². The molecule has 5 heteroatoms. The zero-order chi connectivity index (χ0) is 23.6. The molecule has 182 valence electrons. The van der Waals surface area contributed by atoms with Crippen molar-refractivity contribution < 1.29 is 19.1 Å². The summed E-state index contributed by atoms with van der Waals surface area (Å²) in [7, 11) is 0. The molecular weight excluding hydrogens is 416 g/mol. The third kappa shape index (κ3) is 3.44. The van der Waals surface area contributed by atoms with Crippen LogP contribution in [0.25, 0.3) is 0 Å². The topological polar surface area (TPSA) is 76.7 Å². The van der Waals surface area contributed by atoms with Crippen molar-refractivity contribution in [1.29, 1.82) is 0 Å². The summed E-state index contributed by atoms with van der Waals surface area (Å²) in [5.41, 5.74) is 0.0753. The highest BCUT2D eigenvalue weighted by molar-refractivity contribution is 5.71. The average molecular weight is 457 g/mol. The molecule has 0 aliphatic heterocycles. The Morgan fingerprint density at radius 2 is 1.85 bits per heavy atom. The number of aliphatic hydroxyl groups is 1. The van der Waals surface area contributed by atoms with Crippen LogP contribution in [0.2, 0.25) is 0 Å². The quantitative estimate of drug-likeness (QED) is 0.612. The SMILES string of the molecule is CC(C)C(=O)O[C@H]1CC[C@@]2(C)[C@H](CC[C@@H]3[C@@H]2CC[C@]2(C)[C@@H](c4ccc(=O)oc4)CC[C@]32O)C1. The number of rotatable bonds is 3. The number of hydrogen-bond acceptors (Lipinski definition) is 5. The molecule has 1 heterocycles. The number of carbonyl (C=O) groups is 1. The molecule has 0 amide bonds. The number of hydrogen-bond donors (Lipinski definition) is 1. The Balaban J connectivity index is 1.37. The Morgan fingerprint density at radius 3 is 2.55 bits per heavy atom. The minimum absolute atomic E-state index is 0.0510. The van der Waals surface area contributed by atoms with Gasteiger partial charge in [-0.05, 0) is 98.5 Å². The second-order valence-electron chi connectivity index (χ2n) is 12.3. The first-order chi connectivity index (χ1) is 15.6. The van der Waals surface area contributed by atoms with Gasteiger partial charge in [0.1, 0.15) is 6.10 Å². The summed E-state index contributed by atoms with van der Waals surface area (Å²) in [5.74, 6) is 1.47. The third-order valence-electron chi connectivity index (χ3n) is 10.7. The van der Waals surface area contributed by atoms with E-state index < -0.39 is 5.60 Å². The molecule has 1 aromatic rings. The van der Waals surface area contributed by atoms with Crippen molar-refractivity contribution in [1.82, 2.24) is 0 Å². The van der Waals surface area contributed by atoms with Crippen molar-refractivity contribution >= 4 is 5.97 Å². The zero-order valence-corrected chi connectivity index (χ0v) is 20.6. The molecule has 4 fully saturated rings. The summed E-state index contributed by atoms with van der Waals surface area (Å²) >= 11 is 0. The molecule has 33 heavy (non-hydrogen) atoms. The van der Waals surface area contributed by atoms with Crippen LogP contribution in [0, 0.1) is 34.5 Å². The first kappa shape index (κ1) is 23.1. The van der Waals surface area contributed by atoms with E-state index in [1.54, 1.807) is 6.26 Å². The van der Waals surface area contributed by atoms with Crippen molar-refractivity contribution in [3.8, 4) is 0 Å². The fourth-order valence-electron chi connectivity index (χ4n) is 8.69. The summed E-state index contributed by atoms with van der Waals surface area (Å²) in [6.45, 7) is 8.54. The highest BCUT2D eigenvalue weighted by Gasteiger charge is 2.67. The molecule has 0 unspecified atom stereocenters. The zero-order valence-electron chi connectivity index (χ0n) is 20.6. The van der Waals surface area contributed by atoms with Gasteiger partial charge in [-0.3, -0.25) is 4.79 Å². The molecule has 4 aliphatic carbocycles. The number of carbonyl (C=O) groups excluding carboxylic acids is 1. The lowest BCUT2D eigenvalue weighted by atomic mass is 9.43. The van der Waals surface area contributed by atoms with Crippen LogP contribution in [0.15, 0.2) is 27.6 Å². The molecule has 1 aromatic heterocycles. The number of esters is 1. The monoisotopic (exact) mass is 456 g/mol. The summed E-state index contributed by atoms with van der Waals surface area (Å²) in [6.07, 6.45) is 10.7. The van der Waals surface area contributed by atoms with Crippen LogP contribution in [-0.2, 0) is 9.53 Å². The molecule has 8 atom stereocenters. The second-order valence-corrected chi connectivity index (χ2v) is 12.3. The molecular formula is C28H40O5. The maximum Gasteiger partial charge on any atom is 0.335 e. The van der Waals surface area contributed by atoms with Crippen molar-refractivity contribution in [2.45, 2.75) is 103 Å². The van der Waals surface area contributed by atoms with Crippen LogP contribution < -0.4 is 5.63 Å². The molecule has 1 N–H and O–H groups in total. The average Bonchev–Trinajstić information content (AvgIpc) is 3.06. The van der Waals surface area contributed by atoms with Crippen molar-refractivity contribution in [2.24, 2.45) is 34.5 Å². The van der Waals surface area contributed by atoms with E-state index in [4.69, 9.17) is 9.15 Å². The van der Waals surface area contributed by atoms with E-state index in [2.05, 4.69) is 13.8 Å². The van der Waals surface area contributed by atoms with Gasteiger partial charge in [0.15, 0.2) is 0 Å². The summed E-state index contributed by atoms with van der Waals surface area (Å²) in [6, 6.07) is 3.41. The van der Waals surface area contributed by atoms with Gasteiger partial charge in [0, 0.05) is 11.5 Å². The van der Waals surface area contributed by atoms with E-state index in [0.29, 0.717) is 17.8 Å². The van der Waals surface area contributed by atoms with Crippen LogP contribution in [0.3, 0.4) is 0 Å². The Bertz CT molecular complexity index is 947. The Kier molecular flexibility index (Phi) is 5.58. The summed E-state index contributed by atoms with van der Waals surface area (Å²) in [4.78, 5) is 23.7. The normalized spacial score (nSPS) is 44.6. The van der Waals surface area contributed by atoms with Gasteiger partial charge in [0.05, 0.1) is 17.8 Å². The lowest BCUT2D eigenvalue weighted by Crippen LogP contribution is -2.62. The van der Waals surface area contributed by atoms with Gasteiger partial charge >= 0.3 is 11.6 Å². The lowest BCUT2D eigenvalue weighted by Gasteiger charge is -2.63. The number of ether oxygens (including phenoxy) is 1. The predicted molar refractivity (Wildman–Crippen MR) is 126 cm³/mol. The standard InChI is InChI=1S/C28H40O5/c1-17(2)25(30)33-20-9-12-26(3)19(15-20)6-7-23-22(26)10-13-27(4)21(11-14-28(23,27)31)18-5-8-24(29)32-16-18/h5,8,16-17,19-23,31H,6-7,9-15H2,1-4H3/t19-,20+,21-,22+,23-,26+,27-,28+/m1/s1. The van der Waals surface area contributed by atoms with Crippen molar-refractivity contribution in [3.63, 3.8) is 0 Å². The predicted octanol–water partition coefficient (Wildman–Crippen LogP) is 5.45. The summed E-state index contributed by atoms with van der Waals surface area (Å²) in [5, 5.41) is 12.3. The van der Waals surface area contributed by atoms with Gasteiger partial charge in [-0.1, -0.05) is 27.7 Å². The highest BCUT2D eigenvalue weighted by Crippen LogP contribution is 2.70. The Hall–Kier alpha value is -1.62. The van der Waals surface area contributed by atoms with Gasteiger partial charge in [-0.25, -0.2) is 4.79 Å². The van der Waals surface area contributed by atoms with Gasteiger partial charge in [0.25, 0.3) is 0 Å². The fourth-order valence-corrected chi connectivity index (χ4v) is 8.69. The van der Waals surface area contributed by atoms with E-state index in [9.17, 15) is 14.7 Å². The van der Waals surface area contributed by atoms with Crippen LogP contribution in [0.4, 0.5) is 0 Å². The lowest BCUT2D eigenvalue weighted by molar-refractivity contribution is -0.207. The molecule has 0 spiro atoms. The fraction of sp³-hybridized carbons (Fsp3) is 0.786. The Morgan fingerprint density at radius 1 is 1.06 bits per heavy atom. The van der Waals surface area contributed by atoms with Crippen LogP contribution >= 0.6 is 0 Å². The van der Waals surface area contributed by atoms with Crippen LogP contribution in [0.5, 0.6) is 0 Å². The van der Waals surface area contributed by atoms with E-state index >= 15 is 0 Å². The Labute approximate surface area is 197 Å². The number of fused-ring (bicyclic) bond motifs is 5. The largest absolute Gasteiger partial charge is 0.462 e. The summed E-state index contributed by atoms with van der Waals surface area (Å²) < 4.78 is 11.0. The maximum absolute atomic E-state index is 12.3. The smallest absolute Gasteiger partial charge is 0.335 e. The molecule has 4 aliphatic rings. The minimum Gasteiger partial charge on any atom is -0.462 e. The molecule has 0 bridgehead atoms. The highest BCUT2D eigenvalue weighted by atomic mass is 16.5. The van der Waals surface area contributed by atoms with E-state index in [-0.39, 0.29) is 40.4 Å². The van der Waals surface area contributed by atoms with Crippen molar-refractivity contribution in [2.75, 3.05) is 0 Å². The van der Waals surface area contributed by atoms with Gasteiger partial charge in [0.2, 0.25) is 0 Å². The van der Waals surface area contributed by atoms with Crippen LogP contribution in [-0.4, -0.2) is 22.8 Å². The molecule has 5 rings (SSSR count). The molecule has 4 saturated carbocycles. The third-order valence-corrected chi connectivity index (χ3v) is 10.7. The molecule has 0 radical (unpaired) electrons. The van der Waals surface area contributed by atoms with E-state index in [1.165, 1.54) is 6.07 Å². The molecule has 5 nitrogen and oxygen atoms in total. The van der Waals surface area contributed by atoms with E-state index in [0.717, 1.165) is 63.4 Å². The van der Waals surface area contributed by atoms with E-state index in [1.807, 2.05) is 19.9 Å². The first-order valence-corrected chi connectivity index (χ1v) is 13.1. The molecule has 0 saturated heterocycles. The second kappa shape index (κ2) is 7.96. The van der Waals surface area contributed by atoms with Gasteiger partial charge < -0.3 is 14.3 Å². The molecule has 0 aromatic carbocycles. The maximum atomic E-state index is 12.3. The van der Waals surface area contributed by atoms with Crippen molar-refractivity contribution in [3.05, 3.63) is 34.4 Å². The first-order valence-electron chi connectivity index (χ1n) is 13.1. The van der Waals surface area contributed by atoms with Crippen LogP contribution in [0.1, 0.15) is 97.0 Å². The van der Waals surface area contributed by atoms with Gasteiger partial charge in [-0.15, -0.1) is 0 Å². The minimum atomic E-state index is -0.675.